The van der Waals surface area contributed by atoms with Crippen LogP contribution in [0.5, 0.6) is 0 Å². The molecule has 0 radical (unpaired) electrons. The van der Waals surface area contributed by atoms with Crippen LogP contribution in [0.3, 0.4) is 0 Å². The largest absolute Gasteiger partial charge is 0.326 e. The summed E-state index contributed by atoms with van der Waals surface area (Å²) in [5.41, 5.74) is 1.98. The van der Waals surface area contributed by atoms with Crippen LogP contribution < -0.4 is 5.32 Å². The van der Waals surface area contributed by atoms with Gasteiger partial charge in [-0.15, -0.1) is 0 Å². The molecule has 2 aromatic carbocycles. The van der Waals surface area contributed by atoms with Crippen molar-refractivity contribution >= 4 is 74.9 Å². The first-order valence-electron chi connectivity index (χ1n) is 8.29. The Kier molecular flexibility index (Phi) is 6.55. The van der Waals surface area contributed by atoms with Crippen molar-refractivity contribution in [3.63, 3.8) is 0 Å². The van der Waals surface area contributed by atoms with Gasteiger partial charge in [-0.3, -0.25) is 14.5 Å². The highest BCUT2D eigenvalue weighted by Gasteiger charge is 2.37. The molecule has 1 aliphatic heterocycles. The van der Waals surface area contributed by atoms with Gasteiger partial charge in [0.1, 0.15) is 5.25 Å². The summed E-state index contributed by atoms with van der Waals surface area (Å²) in [4.78, 5) is 30.8. The van der Waals surface area contributed by atoms with Crippen LogP contribution in [-0.2, 0) is 9.59 Å². The number of benzene rings is 2. The number of nitrogens with one attached hydrogen (secondary N) is 1. The highest BCUT2D eigenvalue weighted by Crippen LogP contribution is 2.36. The first-order chi connectivity index (χ1) is 13.3. The number of amides is 2. The number of rotatable bonds is 4. The van der Waals surface area contributed by atoms with E-state index in [0.29, 0.717) is 31.6 Å². The van der Waals surface area contributed by atoms with Gasteiger partial charge in [0.25, 0.3) is 0 Å². The van der Waals surface area contributed by atoms with E-state index in [0.717, 1.165) is 5.56 Å². The van der Waals surface area contributed by atoms with Gasteiger partial charge in [-0.05, 0) is 42.8 Å². The van der Waals surface area contributed by atoms with E-state index in [2.05, 4.69) is 10.3 Å². The number of nitrogens with zero attached hydrogens (tertiary/aromatic N) is 2. The summed E-state index contributed by atoms with van der Waals surface area (Å²) < 4.78 is 0. The third-order valence-corrected chi connectivity index (χ3v) is 6.39. The third kappa shape index (κ3) is 4.63. The van der Waals surface area contributed by atoms with E-state index < -0.39 is 5.25 Å². The van der Waals surface area contributed by atoms with Gasteiger partial charge < -0.3 is 5.32 Å². The molecule has 1 atom stereocenters. The van der Waals surface area contributed by atoms with E-state index in [4.69, 9.17) is 34.8 Å². The van der Waals surface area contributed by atoms with Crippen molar-refractivity contribution in [1.29, 1.82) is 0 Å². The molecule has 0 spiro atoms. The van der Waals surface area contributed by atoms with Crippen LogP contribution in [0.4, 0.5) is 11.4 Å². The predicted molar refractivity (Wildman–Crippen MR) is 117 cm³/mol. The molecule has 9 heteroatoms. The van der Waals surface area contributed by atoms with Crippen molar-refractivity contribution in [3.8, 4) is 0 Å². The molecule has 1 heterocycles. The van der Waals surface area contributed by atoms with Gasteiger partial charge in [0.2, 0.25) is 11.8 Å². The quantitative estimate of drug-likeness (QED) is 0.656. The van der Waals surface area contributed by atoms with Crippen LogP contribution in [0.2, 0.25) is 15.1 Å². The van der Waals surface area contributed by atoms with Gasteiger partial charge in [-0.1, -0.05) is 52.6 Å². The molecular formula is C19H16Cl3N3O2S. The Labute approximate surface area is 182 Å². The Hall–Kier alpha value is -1.73. The van der Waals surface area contributed by atoms with Crippen LogP contribution in [0.25, 0.3) is 0 Å². The molecule has 1 unspecified atom stereocenters. The molecule has 1 saturated heterocycles. The van der Waals surface area contributed by atoms with Gasteiger partial charge in [0.15, 0.2) is 5.17 Å². The fourth-order valence-electron chi connectivity index (χ4n) is 2.62. The lowest BCUT2D eigenvalue weighted by molar-refractivity contribution is -0.127. The second kappa shape index (κ2) is 8.74. The lowest BCUT2D eigenvalue weighted by Crippen LogP contribution is -2.30. The number of halogens is 3. The summed E-state index contributed by atoms with van der Waals surface area (Å²) in [6.45, 7) is 1.85. The van der Waals surface area contributed by atoms with Crippen LogP contribution in [0.15, 0.2) is 41.4 Å². The Balaban J connectivity index is 1.72. The van der Waals surface area contributed by atoms with E-state index in [1.54, 1.807) is 43.4 Å². The number of hydrogen-bond donors (Lipinski definition) is 1. The smallest absolute Gasteiger partial charge is 0.242 e. The molecule has 0 aliphatic carbocycles. The number of anilines is 1. The van der Waals surface area contributed by atoms with E-state index in [1.807, 2.05) is 6.92 Å². The Morgan fingerprint density at radius 2 is 2.00 bits per heavy atom. The topological polar surface area (TPSA) is 61.8 Å². The van der Waals surface area contributed by atoms with Crippen LogP contribution >= 0.6 is 46.6 Å². The van der Waals surface area contributed by atoms with Gasteiger partial charge in [0.05, 0.1) is 15.7 Å². The van der Waals surface area contributed by atoms with Gasteiger partial charge in [-0.2, -0.15) is 0 Å². The fraction of sp³-hybridized carbons (Fsp3) is 0.211. The summed E-state index contributed by atoms with van der Waals surface area (Å²) in [6.07, 6.45) is 0.0260. The first-order valence-corrected chi connectivity index (χ1v) is 10.3. The number of thioether (sulfide) groups is 1. The lowest BCUT2D eigenvalue weighted by Gasteiger charge is -2.11. The number of carbonyl (C=O) groups is 2. The Morgan fingerprint density at radius 1 is 1.25 bits per heavy atom. The molecule has 3 rings (SSSR count). The monoisotopic (exact) mass is 455 g/mol. The number of aliphatic imine (C=N–C) groups is 1. The normalized spacial score (nSPS) is 18.0. The zero-order valence-corrected chi connectivity index (χ0v) is 18.1. The molecule has 2 aromatic rings. The second-order valence-corrected chi connectivity index (χ2v) is 8.57. The lowest BCUT2D eigenvalue weighted by atomic mass is 10.2. The number of aryl methyl sites for hydroxylation is 1. The molecule has 1 aliphatic rings. The second-order valence-electron chi connectivity index (χ2n) is 6.18. The molecule has 1 N–H and O–H groups in total. The Bertz CT molecular complexity index is 981. The average Bonchev–Trinajstić information content (AvgIpc) is 2.89. The third-order valence-electron chi connectivity index (χ3n) is 4.12. The summed E-state index contributed by atoms with van der Waals surface area (Å²) in [5.74, 6) is -0.448. The summed E-state index contributed by atoms with van der Waals surface area (Å²) >= 11 is 19.3. The SMILES string of the molecule is Cc1cc(Cl)ccc1NC(=O)CC1SC(=Nc2cccc(Cl)c2Cl)N(C)C1=O. The first kappa shape index (κ1) is 21.0. The highest BCUT2D eigenvalue weighted by atomic mass is 35.5. The maximum absolute atomic E-state index is 12.5. The van der Waals surface area contributed by atoms with Crippen molar-refractivity contribution in [3.05, 3.63) is 57.0 Å². The van der Waals surface area contributed by atoms with Crippen LogP contribution in [0, 0.1) is 6.92 Å². The summed E-state index contributed by atoms with van der Waals surface area (Å²) in [7, 11) is 1.62. The summed E-state index contributed by atoms with van der Waals surface area (Å²) in [5, 5.41) is 4.02. The van der Waals surface area contributed by atoms with Crippen molar-refractivity contribution in [2.24, 2.45) is 4.99 Å². The maximum Gasteiger partial charge on any atom is 0.242 e. The molecule has 146 valence electrons. The van der Waals surface area contributed by atoms with Crippen molar-refractivity contribution in [1.82, 2.24) is 4.90 Å². The minimum atomic E-state index is -0.561. The predicted octanol–water partition coefficient (Wildman–Crippen LogP) is 5.55. The molecule has 0 saturated carbocycles. The molecule has 0 bridgehead atoms. The number of carbonyl (C=O) groups excluding carboxylic acids is 2. The van der Waals surface area contributed by atoms with Gasteiger partial charge in [-0.25, -0.2) is 4.99 Å². The zero-order valence-electron chi connectivity index (χ0n) is 15.0. The average molecular weight is 457 g/mol. The van der Waals surface area contributed by atoms with E-state index in [1.165, 1.54) is 16.7 Å². The minimum Gasteiger partial charge on any atom is -0.326 e. The fourth-order valence-corrected chi connectivity index (χ4v) is 4.33. The minimum absolute atomic E-state index is 0.0260. The number of amidine groups is 1. The van der Waals surface area contributed by atoms with Crippen molar-refractivity contribution in [2.45, 2.75) is 18.6 Å². The summed E-state index contributed by atoms with van der Waals surface area (Å²) in [6, 6.07) is 10.3. The molecular weight excluding hydrogens is 441 g/mol. The van der Waals surface area contributed by atoms with Crippen molar-refractivity contribution < 1.29 is 9.59 Å². The molecule has 2 amide bonds. The molecule has 28 heavy (non-hydrogen) atoms. The highest BCUT2D eigenvalue weighted by molar-refractivity contribution is 8.15. The van der Waals surface area contributed by atoms with E-state index in [-0.39, 0.29) is 18.2 Å². The van der Waals surface area contributed by atoms with Crippen molar-refractivity contribution in [2.75, 3.05) is 12.4 Å². The van der Waals surface area contributed by atoms with E-state index in [9.17, 15) is 9.59 Å². The van der Waals surface area contributed by atoms with Crippen LogP contribution in [0.1, 0.15) is 12.0 Å². The number of hydrogen-bond acceptors (Lipinski definition) is 4. The Morgan fingerprint density at radius 3 is 2.71 bits per heavy atom. The van der Waals surface area contributed by atoms with Crippen LogP contribution in [-0.4, -0.2) is 34.2 Å². The molecule has 0 aromatic heterocycles. The molecule has 5 nitrogen and oxygen atoms in total. The maximum atomic E-state index is 12.5. The van der Waals surface area contributed by atoms with Gasteiger partial charge >= 0.3 is 0 Å². The van der Waals surface area contributed by atoms with Gasteiger partial charge in [0, 0.05) is 24.2 Å². The zero-order chi connectivity index (χ0) is 20.4. The standard InChI is InChI=1S/C19H16Cl3N3O2S/c1-10-8-11(20)6-7-13(10)23-16(26)9-15-18(27)25(2)19(28-15)24-14-5-3-4-12(21)17(14)22/h3-8,15H,9H2,1-2H3,(H,23,26). The molecule has 1 fully saturated rings. The van der Waals surface area contributed by atoms with E-state index >= 15 is 0 Å².